The lowest BCUT2D eigenvalue weighted by Gasteiger charge is -2.33. The highest BCUT2D eigenvalue weighted by Crippen LogP contribution is 2.31. The smallest absolute Gasteiger partial charge is 0.225 e. The Balaban J connectivity index is 1.90. The molecule has 1 saturated heterocycles. The zero-order valence-electron chi connectivity index (χ0n) is 10.7. The van der Waals surface area contributed by atoms with E-state index in [2.05, 4.69) is 30.0 Å². The molecule has 0 radical (unpaired) electrons. The van der Waals surface area contributed by atoms with Crippen LogP contribution in [0.2, 0.25) is 5.02 Å². The molecular weight excluding hydrogens is 264 g/mol. The number of H-pyrrole nitrogens is 1. The quantitative estimate of drug-likeness (QED) is 0.913. The lowest BCUT2D eigenvalue weighted by molar-refractivity contribution is 0.450. The Bertz CT molecular complexity index is 552. The SMILES string of the molecule is Cc1nc([C@@H]2CCCCN2c2ncc(Cl)cn2)n[nH]1. The van der Waals surface area contributed by atoms with Gasteiger partial charge in [0, 0.05) is 6.54 Å². The molecule has 3 heterocycles. The topological polar surface area (TPSA) is 70.6 Å². The lowest BCUT2D eigenvalue weighted by Crippen LogP contribution is -2.35. The van der Waals surface area contributed by atoms with E-state index in [-0.39, 0.29) is 6.04 Å². The van der Waals surface area contributed by atoms with Crippen molar-refractivity contribution < 1.29 is 0 Å². The fourth-order valence-corrected chi connectivity index (χ4v) is 2.50. The molecule has 0 amide bonds. The van der Waals surface area contributed by atoms with E-state index in [1.807, 2.05) is 6.92 Å². The van der Waals surface area contributed by atoms with Gasteiger partial charge in [0.2, 0.25) is 5.95 Å². The second-order valence-electron chi connectivity index (χ2n) is 4.69. The first-order chi connectivity index (χ1) is 9.24. The van der Waals surface area contributed by atoms with Crippen LogP contribution in [0.5, 0.6) is 0 Å². The van der Waals surface area contributed by atoms with Crippen molar-refractivity contribution in [1.82, 2.24) is 25.1 Å². The summed E-state index contributed by atoms with van der Waals surface area (Å²) in [5.74, 6) is 2.34. The molecule has 1 fully saturated rings. The molecule has 0 spiro atoms. The van der Waals surface area contributed by atoms with Gasteiger partial charge in [-0.25, -0.2) is 15.0 Å². The third-order valence-electron chi connectivity index (χ3n) is 3.28. The van der Waals surface area contributed by atoms with Crippen LogP contribution < -0.4 is 4.90 Å². The number of aromatic nitrogens is 5. The van der Waals surface area contributed by atoms with E-state index in [0.29, 0.717) is 11.0 Å². The molecule has 1 N–H and O–H groups in total. The van der Waals surface area contributed by atoms with E-state index >= 15 is 0 Å². The first-order valence-electron chi connectivity index (χ1n) is 6.37. The summed E-state index contributed by atoms with van der Waals surface area (Å²) in [7, 11) is 0. The van der Waals surface area contributed by atoms with Gasteiger partial charge < -0.3 is 4.90 Å². The summed E-state index contributed by atoms with van der Waals surface area (Å²) < 4.78 is 0. The predicted molar refractivity (Wildman–Crippen MR) is 72.1 cm³/mol. The highest BCUT2D eigenvalue weighted by molar-refractivity contribution is 6.30. The molecule has 6 nitrogen and oxygen atoms in total. The summed E-state index contributed by atoms with van der Waals surface area (Å²) in [6.45, 7) is 2.82. The molecule has 0 aromatic carbocycles. The van der Waals surface area contributed by atoms with Crippen LogP contribution in [0.15, 0.2) is 12.4 Å². The molecule has 2 aromatic rings. The summed E-state index contributed by atoms with van der Waals surface area (Å²) in [6, 6.07) is 0.139. The maximum absolute atomic E-state index is 5.83. The van der Waals surface area contributed by atoms with Crippen molar-refractivity contribution in [2.75, 3.05) is 11.4 Å². The van der Waals surface area contributed by atoms with E-state index in [1.165, 1.54) is 6.42 Å². The maximum atomic E-state index is 5.83. The number of rotatable bonds is 2. The second kappa shape index (κ2) is 5.13. The Morgan fingerprint density at radius 1 is 1.32 bits per heavy atom. The molecule has 0 bridgehead atoms. The van der Waals surface area contributed by atoms with Crippen molar-refractivity contribution >= 4 is 17.5 Å². The Hall–Kier alpha value is -1.69. The van der Waals surface area contributed by atoms with Crippen LogP contribution in [0.4, 0.5) is 5.95 Å². The number of aromatic amines is 1. The first-order valence-corrected chi connectivity index (χ1v) is 6.75. The predicted octanol–water partition coefficient (Wildman–Crippen LogP) is 2.29. The van der Waals surface area contributed by atoms with Crippen LogP contribution in [0.3, 0.4) is 0 Å². The zero-order valence-corrected chi connectivity index (χ0v) is 11.4. The molecule has 0 unspecified atom stereocenters. The maximum Gasteiger partial charge on any atom is 0.225 e. The highest BCUT2D eigenvalue weighted by Gasteiger charge is 2.28. The Morgan fingerprint density at radius 3 is 2.79 bits per heavy atom. The van der Waals surface area contributed by atoms with Crippen LogP contribution in [-0.2, 0) is 0 Å². The number of nitrogens with one attached hydrogen (secondary N) is 1. The van der Waals surface area contributed by atoms with Crippen LogP contribution in [0, 0.1) is 6.92 Å². The van der Waals surface area contributed by atoms with Crippen LogP contribution in [-0.4, -0.2) is 31.7 Å². The molecule has 1 atom stereocenters. The second-order valence-corrected chi connectivity index (χ2v) is 5.12. The van der Waals surface area contributed by atoms with Crippen molar-refractivity contribution in [3.05, 3.63) is 29.1 Å². The normalized spacial score (nSPS) is 19.7. The Kier molecular flexibility index (Phi) is 3.33. The molecule has 2 aromatic heterocycles. The molecule has 3 rings (SSSR count). The fourth-order valence-electron chi connectivity index (χ4n) is 2.40. The lowest BCUT2D eigenvalue weighted by atomic mass is 10.0. The summed E-state index contributed by atoms with van der Waals surface area (Å²) in [5.41, 5.74) is 0. The average molecular weight is 279 g/mol. The van der Waals surface area contributed by atoms with E-state index < -0.39 is 0 Å². The highest BCUT2D eigenvalue weighted by atomic mass is 35.5. The van der Waals surface area contributed by atoms with Crippen molar-refractivity contribution in [1.29, 1.82) is 0 Å². The van der Waals surface area contributed by atoms with Gasteiger partial charge in [-0.2, -0.15) is 5.10 Å². The number of anilines is 1. The van der Waals surface area contributed by atoms with E-state index in [1.54, 1.807) is 12.4 Å². The van der Waals surface area contributed by atoms with Gasteiger partial charge >= 0.3 is 0 Å². The van der Waals surface area contributed by atoms with E-state index in [9.17, 15) is 0 Å². The molecule has 7 heteroatoms. The van der Waals surface area contributed by atoms with Gasteiger partial charge in [-0.05, 0) is 26.2 Å². The summed E-state index contributed by atoms with van der Waals surface area (Å²) in [6.07, 6.45) is 6.56. The van der Waals surface area contributed by atoms with E-state index in [4.69, 9.17) is 11.6 Å². The van der Waals surface area contributed by atoms with Crippen LogP contribution in [0.25, 0.3) is 0 Å². The van der Waals surface area contributed by atoms with Crippen molar-refractivity contribution in [3.63, 3.8) is 0 Å². The van der Waals surface area contributed by atoms with Crippen LogP contribution in [0.1, 0.15) is 37.0 Å². The third kappa shape index (κ3) is 2.53. The largest absolute Gasteiger partial charge is 0.330 e. The average Bonchev–Trinajstić information content (AvgIpc) is 2.86. The summed E-state index contributed by atoms with van der Waals surface area (Å²) >= 11 is 5.83. The Labute approximate surface area is 116 Å². The number of piperidine rings is 1. The van der Waals surface area contributed by atoms with Crippen LogP contribution >= 0.6 is 11.6 Å². The molecule has 1 aliphatic heterocycles. The molecule has 0 aliphatic carbocycles. The minimum absolute atomic E-state index is 0.139. The number of hydrogen-bond donors (Lipinski definition) is 1. The van der Waals surface area contributed by atoms with Crippen molar-refractivity contribution in [2.45, 2.75) is 32.2 Å². The van der Waals surface area contributed by atoms with Gasteiger partial charge in [-0.3, -0.25) is 5.10 Å². The monoisotopic (exact) mass is 278 g/mol. The standard InChI is InChI=1S/C12H15ClN6/c1-8-16-11(18-17-8)10-4-2-3-5-19(10)12-14-6-9(13)7-15-12/h6-7,10H,2-5H2,1H3,(H,16,17,18)/t10-/m0/s1. The molecular formula is C12H15ClN6. The Morgan fingerprint density at radius 2 is 2.11 bits per heavy atom. The van der Waals surface area contributed by atoms with Gasteiger partial charge in [-0.15, -0.1) is 0 Å². The number of nitrogens with zero attached hydrogens (tertiary/aromatic N) is 5. The van der Waals surface area contributed by atoms with Crippen molar-refractivity contribution in [2.24, 2.45) is 0 Å². The minimum Gasteiger partial charge on any atom is -0.330 e. The molecule has 1 aliphatic rings. The van der Waals surface area contributed by atoms with Gasteiger partial charge in [0.1, 0.15) is 5.82 Å². The van der Waals surface area contributed by atoms with Gasteiger partial charge in [0.15, 0.2) is 5.82 Å². The van der Waals surface area contributed by atoms with Gasteiger partial charge in [0.05, 0.1) is 23.5 Å². The number of halogens is 1. The molecule has 0 saturated carbocycles. The molecule has 100 valence electrons. The van der Waals surface area contributed by atoms with Crippen molar-refractivity contribution in [3.8, 4) is 0 Å². The minimum atomic E-state index is 0.139. The first kappa shape index (κ1) is 12.3. The van der Waals surface area contributed by atoms with Gasteiger partial charge in [0.25, 0.3) is 0 Å². The number of hydrogen-bond acceptors (Lipinski definition) is 5. The fraction of sp³-hybridized carbons (Fsp3) is 0.500. The van der Waals surface area contributed by atoms with Gasteiger partial charge in [-0.1, -0.05) is 11.6 Å². The third-order valence-corrected chi connectivity index (χ3v) is 3.47. The summed E-state index contributed by atoms with van der Waals surface area (Å²) in [4.78, 5) is 15.2. The zero-order chi connectivity index (χ0) is 13.2. The number of aryl methyl sites for hydroxylation is 1. The van der Waals surface area contributed by atoms with E-state index in [0.717, 1.165) is 31.0 Å². The summed E-state index contributed by atoms with van der Waals surface area (Å²) in [5, 5.41) is 7.72. The molecule has 19 heavy (non-hydrogen) atoms.